The fraction of sp³-hybridized carbons (Fsp3) is 0.357. The average Bonchev–Trinajstić information content (AvgIpc) is 2.60. The van der Waals surface area contributed by atoms with Gasteiger partial charge in [-0.25, -0.2) is 0 Å². The SMILES string of the molecule is CNCc1c(C)nn(Cc2ccccc2Br)c1C. The quantitative estimate of drug-likeness (QED) is 0.941. The number of nitrogens with one attached hydrogen (secondary N) is 1. The first-order valence-electron chi connectivity index (χ1n) is 6.04. The molecule has 4 heteroatoms. The van der Waals surface area contributed by atoms with Gasteiger partial charge in [0.2, 0.25) is 0 Å². The Bertz CT molecular complexity index is 546. The molecule has 0 aliphatic heterocycles. The molecule has 1 aromatic heterocycles. The molecule has 0 saturated heterocycles. The second kappa shape index (κ2) is 5.67. The lowest BCUT2D eigenvalue weighted by Gasteiger charge is -2.07. The molecule has 0 aliphatic rings. The van der Waals surface area contributed by atoms with Gasteiger partial charge in [0.25, 0.3) is 0 Å². The van der Waals surface area contributed by atoms with Crippen LogP contribution in [0.3, 0.4) is 0 Å². The van der Waals surface area contributed by atoms with Crippen molar-refractivity contribution in [1.82, 2.24) is 15.1 Å². The van der Waals surface area contributed by atoms with E-state index >= 15 is 0 Å². The van der Waals surface area contributed by atoms with Gasteiger partial charge in [-0.05, 0) is 32.5 Å². The summed E-state index contributed by atoms with van der Waals surface area (Å²) in [5, 5.41) is 7.81. The fourth-order valence-electron chi connectivity index (χ4n) is 2.11. The number of hydrogen-bond donors (Lipinski definition) is 1. The summed E-state index contributed by atoms with van der Waals surface area (Å²) in [5.41, 5.74) is 4.88. The van der Waals surface area contributed by atoms with Gasteiger partial charge in [0.1, 0.15) is 0 Å². The highest BCUT2D eigenvalue weighted by molar-refractivity contribution is 9.10. The third-order valence-electron chi connectivity index (χ3n) is 3.16. The van der Waals surface area contributed by atoms with Crippen LogP contribution in [0.4, 0.5) is 0 Å². The van der Waals surface area contributed by atoms with E-state index in [-0.39, 0.29) is 0 Å². The molecule has 0 radical (unpaired) electrons. The van der Waals surface area contributed by atoms with Gasteiger partial charge in [-0.2, -0.15) is 5.10 Å². The van der Waals surface area contributed by atoms with Gasteiger partial charge in [0.15, 0.2) is 0 Å². The lowest BCUT2D eigenvalue weighted by Crippen LogP contribution is -2.08. The van der Waals surface area contributed by atoms with E-state index in [2.05, 4.69) is 63.1 Å². The molecule has 1 N–H and O–H groups in total. The van der Waals surface area contributed by atoms with Crippen molar-refractivity contribution in [2.24, 2.45) is 0 Å². The normalized spacial score (nSPS) is 10.9. The molecule has 3 nitrogen and oxygen atoms in total. The average molecular weight is 308 g/mol. The van der Waals surface area contributed by atoms with Crippen molar-refractivity contribution in [3.8, 4) is 0 Å². The molecule has 0 aliphatic carbocycles. The molecule has 2 rings (SSSR count). The zero-order valence-corrected chi connectivity index (χ0v) is 12.6. The summed E-state index contributed by atoms with van der Waals surface area (Å²) in [6, 6.07) is 8.27. The van der Waals surface area contributed by atoms with Crippen molar-refractivity contribution < 1.29 is 0 Å². The molecule has 0 fully saturated rings. The standard InChI is InChI=1S/C14H18BrN3/c1-10-13(8-16-3)11(2)18(17-10)9-12-6-4-5-7-14(12)15/h4-7,16H,8-9H2,1-3H3. The minimum atomic E-state index is 0.803. The predicted octanol–water partition coefficient (Wildman–Crippen LogP) is 3.03. The van der Waals surface area contributed by atoms with E-state index in [4.69, 9.17) is 0 Å². The van der Waals surface area contributed by atoms with Crippen molar-refractivity contribution in [1.29, 1.82) is 0 Å². The van der Waals surface area contributed by atoms with E-state index in [0.29, 0.717) is 0 Å². The maximum atomic E-state index is 4.62. The third kappa shape index (κ3) is 2.65. The molecule has 0 unspecified atom stereocenters. The summed E-state index contributed by atoms with van der Waals surface area (Å²) in [6.45, 7) is 5.87. The van der Waals surface area contributed by atoms with Gasteiger partial charge in [-0.1, -0.05) is 34.1 Å². The number of benzene rings is 1. The molecule has 1 aromatic carbocycles. The van der Waals surface area contributed by atoms with Crippen LogP contribution in [0.2, 0.25) is 0 Å². The number of aryl methyl sites for hydroxylation is 1. The molecule has 0 amide bonds. The molecule has 0 spiro atoms. The molecular weight excluding hydrogens is 290 g/mol. The Labute approximate surface area is 116 Å². The van der Waals surface area contributed by atoms with Gasteiger partial charge in [-0.15, -0.1) is 0 Å². The highest BCUT2D eigenvalue weighted by atomic mass is 79.9. The summed E-state index contributed by atoms with van der Waals surface area (Å²) < 4.78 is 3.20. The van der Waals surface area contributed by atoms with E-state index in [1.54, 1.807) is 0 Å². The van der Waals surface area contributed by atoms with Crippen LogP contribution < -0.4 is 5.32 Å². The first-order valence-corrected chi connectivity index (χ1v) is 6.83. The van der Waals surface area contributed by atoms with Crippen LogP contribution in [0.1, 0.15) is 22.5 Å². The highest BCUT2D eigenvalue weighted by Gasteiger charge is 2.11. The summed E-state index contributed by atoms with van der Waals surface area (Å²) >= 11 is 3.58. The summed E-state index contributed by atoms with van der Waals surface area (Å²) in [5.74, 6) is 0. The molecule has 18 heavy (non-hydrogen) atoms. The van der Waals surface area contributed by atoms with Crippen LogP contribution in [0, 0.1) is 13.8 Å². The first kappa shape index (κ1) is 13.3. The lowest BCUT2D eigenvalue weighted by molar-refractivity contribution is 0.655. The molecule has 0 saturated carbocycles. The number of halogens is 1. The molecule has 96 valence electrons. The number of nitrogens with zero attached hydrogens (tertiary/aromatic N) is 2. The smallest absolute Gasteiger partial charge is 0.0673 e. The summed E-state index contributed by atoms with van der Waals surface area (Å²) in [7, 11) is 1.96. The Morgan fingerprint density at radius 3 is 2.67 bits per heavy atom. The highest BCUT2D eigenvalue weighted by Crippen LogP contribution is 2.19. The zero-order valence-electron chi connectivity index (χ0n) is 11.0. The Kier molecular flexibility index (Phi) is 4.19. The van der Waals surface area contributed by atoms with Crippen LogP contribution >= 0.6 is 15.9 Å². The van der Waals surface area contributed by atoms with E-state index in [0.717, 1.165) is 23.3 Å². The molecular formula is C14H18BrN3. The van der Waals surface area contributed by atoms with Gasteiger partial charge in [-0.3, -0.25) is 4.68 Å². The summed E-state index contributed by atoms with van der Waals surface area (Å²) in [6.07, 6.45) is 0. The Hall–Kier alpha value is -1.13. The topological polar surface area (TPSA) is 29.9 Å². The van der Waals surface area contributed by atoms with Gasteiger partial charge in [0.05, 0.1) is 12.2 Å². The van der Waals surface area contributed by atoms with Crippen LogP contribution in [-0.2, 0) is 13.1 Å². The monoisotopic (exact) mass is 307 g/mol. The maximum absolute atomic E-state index is 4.62. The minimum absolute atomic E-state index is 0.803. The van der Waals surface area contributed by atoms with E-state index in [1.165, 1.54) is 16.8 Å². The minimum Gasteiger partial charge on any atom is -0.316 e. The molecule has 2 aromatic rings. The van der Waals surface area contributed by atoms with Crippen molar-refractivity contribution in [2.45, 2.75) is 26.9 Å². The Morgan fingerprint density at radius 1 is 1.28 bits per heavy atom. The second-order valence-corrected chi connectivity index (χ2v) is 5.28. The fourth-order valence-corrected chi connectivity index (χ4v) is 2.52. The third-order valence-corrected chi connectivity index (χ3v) is 3.94. The lowest BCUT2D eigenvalue weighted by atomic mass is 10.2. The number of hydrogen-bond acceptors (Lipinski definition) is 2. The predicted molar refractivity (Wildman–Crippen MR) is 77.7 cm³/mol. The largest absolute Gasteiger partial charge is 0.316 e. The van der Waals surface area contributed by atoms with E-state index in [9.17, 15) is 0 Å². The van der Waals surface area contributed by atoms with Crippen molar-refractivity contribution in [3.63, 3.8) is 0 Å². The molecule has 0 atom stereocenters. The van der Waals surface area contributed by atoms with Crippen LogP contribution in [0.5, 0.6) is 0 Å². The van der Waals surface area contributed by atoms with E-state index < -0.39 is 0 Å². The van der Waals surface area contributed by atoms with Crippen LogP contribution in [0.15, 0.2) is 28.7 Å². The van der Waals surface area contributed by atoms with Crippen LogP contribution in [0.25, 0.3) is 0 Å². The van der Waals surface area contributed by atoms with Gasteiger partial charge in [0, 0.05) is 22.3 Å². The van der Waals surface area contributed by atoms with Gasteiger partial charge < -0.3 is 5.32 Å². The van der Waals surface area contributed by atoms with E-state index in [1.807, 2.05) is 13.1 Å². The number of rotatable bonds is 4. The maximum Gasteiger partial charge on any atom is 0.0673 e. The molecule has 0 bridgehead atoms. The van der Waals surface area contributed by atoms with Crippen molar-refractivity contribution in [2.75, 3.05) is 7.05 Å². The van der Waals surface area contributed by atoms with Crippen molar-refractivity contribution >= 4 is 15.9 Å². The second-order valence-electron chi connectivity index (χ2n) is 4.43. The first-order chi connectivity index (χ1) is 8.63. The molecule has 1 heterocycles. The number of aromatic nitrogens is 2. The zero-order chi connectivity index (χ0) is 13.1. The summed E-state index contributed by atoms with van der Waals surface area (Å²) in [4.78, 5) is 0. The van der Waals surface area contributed by atoms with Gasteiger partial charge >= 0.3 is 0 Å². The Balaban J connectivity index is 2.30. The van der Waals surface area contributed by atoms with Crippen LogP contribution in [-0.4, -0.2) is 16.8 Å². The van der Waals surface area contributed by atoms with Crippen molar-refractivity contribution in [3.05, 3.63) is 51.3 Å². The Morgan fingerprint density at radius 2 is 2.00 bits per heavy atom.